The summed E-state index contributed by atoms with van der Waals surface area (Å²) in [5, 5.41) is 15.5. The number of rotatable bonds is 3. The SMILES string of the molecule is Clc1nnc(N/N=C/c2c[nH]c3ccccc23)c2ccccc12. The van der Waals surface area contributed by atoms with Gasteiger partial charge >= 0.3 is 0 Å². The number of halogens is 1. The van der Waals surface area contributed by atoms with Gasteiger partial charge in [-0.2, -0.15) is 5.10 Å². The molecule has 0 saturated carbocycles. The molecule has 0 atom stereocenters. The maximum atomic E-state index is 6.07. The molecule has 0 spiro atoms. The fourth-order valence-corrected chi connectivity index (χ4v) is 2.72. The number of para-hydroxylation sites is 1. The molecule has 0 bridgehead atoms. The predicted molar refractivity (Wildman–Crippen MR) is 94.1 cm³/mol. The molecule has 0 saturated heterocycles. The van der Waals surface area contributed by atoms with Gasteiger partial charge < -0.3 is 4.98 Å². The minimum absolute atomic E-state index is 0.381. The largest absolute Gasteiger partial charge is 0.361 e. The fraction of sp³-hybridized carbons (Fsp3) is 0. The van der Waals surface area contributed by atoms with E-state index in [9.17, 15) is 0 Å². The van der Waals surface area contributed by atoms with E-state index in [-0.39, 0.29) is 0 Å². The van der Waals surface area contributed by atoms with Gasteiger partial charge in [0.25, 0.3) is 0 Å². The van der Waals surface area contributed by atoms with Gasteiger partial charge in [-0.25, -0.2) is 0 Å². The zero-order valence-corrected chi connectivity index (χ0v) is 12.7. The summed E-state index contributed by atoms with van der Waals surface area (Å²) in [6, 6.07) is 15.7. The second kappa shape index (κ2) is 5.70. The van der Waals surface area contributed by atoms with Crippen molar-refractivity contribution in [3.05, 3.63) is 65.4 Å². The Labute approximate surface area is 137 Å². The van der Waals surface area contributed by atoms with Crippen molar-refractivity contribution < 1.29 is 0 Å². The van der Waals surface area contributed by atoms with Crippen molar-refractivity contribution >= 4 is 45.3 Å². The monoisotopic (exact) mass is 321 g/mol. The highest BCUT2D eigenvalue weighted by molar-refractivity contribution is 6.34. The van der Waals surface area contributed by atoms with Gasteiger partial charge in [0.2, 0.25) is 0 Å². The third kappa shape index (κ3) is 2.51. The number of nitrogens with zero attached hydrogens (tertiary/aromatic N) is 3. The lowest BCUT2D eigenvalue weighted by Gasteiger charge is -2.04. The number of H-pyrrole nitrogens is 1. The second-order valence-electron chi connectivity index (χ2n) is 5.04. The zero-order valence-electron chi connectivity index (χ0n) is 12.0. The van der Waals surface area contributed by atoms with Gasteiger partial charge in [-0.1, -0.05) is 54.1 Å². The van der Waals surface area contributed by atoms with Crippen molar-refractivity contribution in [3.63, 3.8) is 0 Å². The van der Waals surface area contributed by atoms with Crippen LogP contribution in [0.3, 0.4) is 0 Å². The van der Waals surface area contributed by atoms with Crippen molar-refractivity contribution in [1.29, 1.82) is 0 Å². The van der Waals surface area contributed by atoms with Gasteiger partial charge in [-0.05, 0) is 6.07 Å². The van der Waals surface area contributed by atoms with Crippen LogP contribution in [0, 0.1) is 0 Å². The van der Waals surface area contributed by atoms with E-state index in [1.54, 1.807) is 6.21 Å². The van der Waals surface area contributed by atoms with E-state index in [0.29, 0.717) is 11.0 Å². The van der Waals surface area contributed by atoms with E-state index in [2.05, 4.69) is 25.7 Å². The molecule has 2 aromatic heterocycles. The molecule has 4 rings (SSSR count). The highest BCUT2D eigenvalue weighted by atomic mass is 35.5. The van der Waals surface area contributed by atoms with Crippen LogP contribution < -0.4 is 5.43 Å². The standard InChI is InChI=1S/C17H12ClN5/c18-16-13-6-1-2-7-14(13)17(23-21-16)22-20-10-11-9-19-15-8-4-3-5-12(11)15/h1-10,19H,(H,22,23)/b20-10+. The van der Waals surface area contributed by atoms with Crippen LogP contribution in [-0.4, -0.2) is 21.4 Å². The smallest absolute Gasteiger partial charge is 0.176 e. The summed E-state index contributed by atoms with van der Waals surface area (Å²) in [6.45, 7) is 0. The Morgan fingerprint density at radius 2 is 1.70 bits per heavy atom. The molecule has 5 nitrogen and oxygen atoms in total. The van der Waals surface area contributed by atoms with Crippen LogP contribution in [0.25, 0.3) is 21.7 Å². The topological polar surface area (TPSA) is 66.0 Å². The maximum absolute atomic E-state index is 6.07. The van der Waals surface area contributed by atoms with Gasteiger partial charge in [-0.3, -0.25) is 5.43 Å². The zero-order chi connectivity index (χ0) is 15.6. The molecule has 2 N–H and O–H groups in total. The van der Waals surface area contributed by atoms with Crippen molar-refractivity contribution in [2.24, 2.45) is 5.10 Å². The summed E-state index contributed by atoms with van der Waals surface area (Å²) >= 11 is 6.07. The van der Waals surface area contributed by atoms with Crippen LogP contribution in [0.15, 0.2) is 59.8 Å². The number of hydrazone groups is 1. The number of hydrogen-bond donors (Lipinski definition) is 2. The molecule has 23 heavy (non-hydrogen) atoms. The Bertz CT molecular complexity index is 1020. The second-order valence-corrected chi connectivity index (χ2v) is 5.40. The molecule has 0 amide bonds. The molecule has 0 aliphatic carbocycles. The van der Waals surface area contributed by atoms with E-state index in [0.717, 1.165) is 27.2 Å². The quantitative estimate of drug-likeness (QED) is 0.439. The Morgan fingerprint density at radius 1 is 0.957 bits per heavy atom. The Hall–Kier alpha value is -2.92. The summed E-state index contributed by atoms with van der Waals surface area (Å²) in [4.78, 5) is 3.21. The summed E-state index contributed by atoms with van der Waals surface area (Å²) in [7, 11) is 0. The Kier molecular flexibility index (Phi) is 3.40. The lowest BCUT2D eigenvalue weighted by atomic mass is 10.2. The molecule has 2 aromatic carbocycles. The fourth-order valence-electron chi connectivity index (χ4n) is 2.52. The molecule has 0 fully saturated rings. The first-order valence-corrected chi connectivity index (χ1v) is 7.47. The number of aromatic amines is 1. The molecule has 2 heterocycles. The van der Waals surface area contributed by atoms with Gasteiger partial charge in [0.15, 0.2) is 11.0 Å². The number of hydrogen-bond acceptors (Lipinski definition) is 4. The number of fused-ring (bicyclic) bond motifs is 2. The van der Waals surface area contributed by atoms with Crippen LogP contribution in [0.2, 0.25) is 5.15 Å². The number of aromatic nitrogens is 3. The van der Waals surface area contributed by atoms with Gasteiger partial charge in [0, 0.05) is 33.4 Å². The van der Waals surface area contributed by atoms with Gasteiger partial charge in [-0.15, -0.1) is 10.2 Å². The third-order valence-electron chi connectivity index (χ3n) is 3.64. The van der Waals surface area contributed by atoms with Crippen molar-refractivity contribution in [1.82, 2.24) is 15.2 Å². The van der Waals surface area contributed by atoms with Crippen molar-refractivity contribution in [2.45, 2.75) is 0 Å². The van der Waals surface area contributed by atoms with Crippen LogP contribution in [0.1, 0.15) is 5.56 Å². The highest BCUT2D eigenvalue weighted by Gasteiger charge is 2.06. The minimum atomic E-state index is 0.381. The first-order valence-electron chi connectivity index (χ1n) is 7.09. The minimum Gasteiger partial charge on any atom is -0.361 e. The van der Waals surface area contributed by atoms with Crippen molar-refractivity contribution in [3.8, 4) is 0 Å². The lowest BCUT2D eigenvalue weighted by molar-refractivity contribution is 1.04. The van der Waals surface area contributed by atoms with E-state index < -0.39 is 0 Å². The van der Waals surface area contributed by atoms with Crippen LogP contribution in [0.4, 0.5) is 5.82 Å². The summed E-state index contributed by atoms with van der Waals surface area (Å²) in [5.41, 5.74) is 5.02. The number of nitrogens with one attached hydrogen (secondary N) is 2. The average Bonchev–Trinajstić information content (AvgIpc) is 3.01. The summed E-state index contributed by atoms with van der Waals surface area (Å²) in [6.07, 6.45) is 3.67. The molecular weight excluding hydrogens is 310 g/mol. The van der Waals surface area contributed by atoms with Crippen molar-refractivity contribution in [2.75, 3.05) is 5.43 Å². The summed E-state index contributed by atoms with van der Waals surface area (Å²) < 4.78 is 0. The summed E-state index contributed by atoms with van der Waals surface area (Å²) in [5.74, 6) is 0.570. The number of benzene rings is 2. The predicted octanol–water partition coefficient (Wildman–Crippen LogP) is 4.21. The van der Waals surface area contributed by atoms with E-state index in [1.165, 1.54) is 0 Å². The average molecular weight is 322 g/mol. The molecule has 0 aliphatic heterocycles. The lowest BCUT2D eigenvalue weighted by Crippen LogP contribution is -1.97. The first-order chi connectivity index (χ1) is 11.3. The first kappa shape index (κ1) is 13.7. The third-order valence-corrected chi connectivity index (χ3v) is 3.92. The van der Waals surface area contributed by atoms with Crippen LogP contribution in [0.5, 0.6) is 0 Å². The van der Waals surface area contributed by atoms with Gasteiger partial charge in [0.05, 0.1) is 6.21 Å². The molecule has 0 radical (unpaired) electrons. The molecular formula is C17H12ClN5. The van der Waals surface area contributed by atoms with Gasteiger partial charge in [0.1, 0.15) is 0 Å². The van der Waals surface area contributed by atoms with E-state index in [4.69, 9.17) is 11.6 Å². The molecule has 4 aromatic rings. The van der Waals surface area contributed by atoms with E-state index >= 15 is 0 Å². The van der Waals surface area contributed by atoms with Crippen LogP contribution >= 0.6 is 11.6 Å². The number of anilines is 1. The Morgan fingerprint density at radius 3 is 2.57 bits per heavy atom. The Balaban J connectivity index is 1.66. The maximum Gasteiger partial charge on any atom is 0.176 e. The molecule has 6 heteroatoms. The van der Waals surface area contributed by atoms with E-state index in [1.807, 2.05) is 54.7 Å². The van der Waals surface area contributed by atoms with Crippen LogP contribution in [-0.2, 0) is 0 Å². The molecule has 0 aliphatic rings. The normalized spacial score (nSPS) is 11.5. The highest BCUT2D eigenvalue weighted by Crippen LogP contribution is 2.25. The molecule has 112 valence electrons. The molecule has 0 unspecified atom stereocenters.